The van der Waals surface area contributed by atoms with Crippen LogP contribution in [0.5, 0.6) is 5.75 Å². The highest BCUT2D eigenvalue weighted by Gasteiger charge is 2.32. The highest BCUT2D eigenvalue weighted by molar-refractivity contribution is 5.88. The van der Waals surface area contributed by atoms with Gasteiger partial charge >= 0.3 is 0 Å². The van der Waals surface area contributed by atoms with Gasteiger partial charge in [0.1, 0.15) is 11.8 Å². The minimum Gasteiger partial charge on any atom is -0.484 e. The van der Waals surface area contributed by atoms with Crippen LogP contribution in [-0.4, -0.2) is 35.4 Å². The van der Waals surface area contributed by atoms with Gasteiger partial charge in [0.25, 0.3) is 5.91 Å². The van der Waals surface area contributed by atoms with Crippen molar-refractivity contribution in [2.24, 2.45) is 0 Å². The summed E-state index contributed by atoms with van der Waals surface area (Å²) in [6.07, 6.45) is 5.91. The molecule has 1 saturated carbocycles. The van der Waals surface area contributed by atoms with E-state index in [1.54, 1.807) is 4.90 Å². The number of rotatable bonds is 10. The lowest BCUT2D eigenvalue weighted by Gasteiger charge is -2.33. The van der Waals surface area contributed by atoms with Crippen molar-refractivity contribution in [2.45, 2.75) is 64.1 Å². The number of nitrogens with one attached hydrogen (secondary N) is 1. The fraction of sp³-hybridized carbons (Fsp3) is 0.355. The van der Waals surface area contributed by atoms with Crippen molar-refractivity contribution in [3.05, 3.63) is 102 Å². The Kier molecular flexibility index (Phi) is 9.15. The molecule has 5 heteroatoms. The highest BCUT2D eigenvalue weighted by atomic mass is 16.5. The molecule has 5 nitrogen and oxygen atoms in total. The van der Waals surface area contributed by atoms with E-state index in [0.29, 0.717) is 18.7 Å². The summed E-state index contributed by atoms with van der Waals surface area (Å²) in [6, 6.07) is 26.8. The second-order valence-electron chi connectivity index (χ2n) is 9.60. The Morgan fingerprint density at radius 3 is 2.22 bits per heavy atom. The molecule has 0 aliphatic heterocycles. The van der Waals surface area contributed by atoms with Crippen molar-refractivity contribution in [1.82, 2.24) is 10.2 Å². The first kappa shape index (κ1) is 25.5. The third kappa shape index (κ3) is 7.20. The summed E-state index contributed by atoms with van der Waals surface area (Å²) in [5.41, 5.74) is 3.13. The molecule has 0 saturated heterocycles. The number of benzene rings is 3. The van der Waals surface area contributed by atoms with Crippen molar-refractivity contribution in [1.29, 1.82) is 0 Å². The van der Waals surface area contributed by atoms with Crippen molar-refractivity contribution in [3.63, 3.8) is 0 Å². The van der Waals surface area contributed by atoms with Crippen LogP contribution in [0.15, 0.2) is 84.9 Å². The van der Waals surface area contributed by atoms with Gasteiger partial charge in [0, 0.05) is 19.0 Å². The third-order valence-electron chi connectivity index (χ3n) is 6.93. The molecule has 1 fully saturated rings. The summed E-state index contributed by atoms with van der Waals surface area (Å²) in [6.45, 7) is 2.25. The molecule has 0 aromatic heterocycles. The first-order valence-electron chi connectivity index (χ1n) is 13.0. The standard InChI is InChI=1S/C31H36N2O3/c1-24-13-11-12-16-26(24)22-33(30(34)23-36-28-19-9-4-10-20-28)29(21-25-14-5-2-6-15-25)31(35)32-27-17-7-3-8-18-27/h2,4-6,9-16,19-20,27,29H,3,7-8,17-18,21-23H2,1H3,(H,32,35)/t29-/m0/s1. The van der Waals surface area contributed by atoms with Gasteiger partial charge in [0.05, 0.1) is 0 Å². The molecule has 1 atom stereocenters. The zero-order valence-corrected chi connectivity index (χ0v) is 21.1. The van der Waals surface area contributed by atoms with Crippen LogP contribution in [0.3, 0.4) is 0 Å². The molecule has 3 aromatic rings. The van der Waals surface area contributed by atoms with Gasteiger partial charge < -0.3 is 15.0 Å². The van der Waals surface area contributed by atoms with Gasteiger partial charge in [-0.05, 0) is 48.6 Å². The molecule has 2 amide bonds. The maximum atomic E-state index is 13.8. The third-order valence-corrected chi connectivity index (χ3v) is 6.93. The molecule has 1 aliphatic carbocycles. The number of carbonyl (C=O) groups excluding carboxylic acids is 2. The maximum absolute atomic E-state index is 13.8. The second-order valence-corrected chi connectivity index (χ2v) is 9.60. The fourth-order valence-electron chi connectivity index (χ4n) is 4.81. The van der Waals surface area contributed by atoms with Crippen LogP contribution in [0, 0.1) is 6.92 Å². The van der Waals surface area contributed by atoms with E-state index in [-0.39, 0.29) is 24.5 Å². The summed E-state index contributed by atoms with van der Waals surface area (Å²) in [5, 5.41) is 3.28. The van der Waals surface area contributed by atoms with Crippen LogP contribution in [0.1, 0.15) is 48.8 Å². The predicted molar refractivity (Wildman–Crippen MR) is 143 cm³/mol. The van der Waals surface area contributed by atoms with Crippen LogP contribution in [0.4, 0.5) is 0 Å². The first-order chi connectivity index (χ1) is 17.6. The zero-order chi connectivity index (χ0) is 25.2. The van der Waals surface area contributed by atoms with Crippen LogP contribution in [0.2, 0.25) is 0 Å². The number of nitrogens with zero attached hydrogens (tertiary/aromatic N) is 1. The van der Waals surface area contributed by atoms with E-state index in [1.165, 1.54) is 6.42 Å². The monoisotopic (exact) mass is 484 g/mol. The average Bonchev–Trinajstić information content (AvgIpc) is 2.92. The number of hydrogen-bond acceptors (Lipinski definition) is 3. The largest absolute Gasteiger partial charge is 0.484 e. The van der Waals surface area contributed by atoms with Gasteiger partial charge in [-0.25, -0.2) is 0 Å². The number of amides is 2. The quantitative estimate of drug-likeness (QED) is 0.416. The lowest BCUT2D eigenvalue weighted by atomic mass is 9.94. The van der Waals surface area contributed by atoms with E-state index in [1.807, 2.05) is 91.9 Å². The average molecular weight is 485 g/mol. The van der Waals surface area contributed by atoms with Crippen LogP contribution >= 0.6 is 0 Å². The van der Waals surface area contributed by atoms with E-state index in [2.05, 4.69) is 5.32 Å². The van der Waals surface area contributed by atoms with Gasteiger partial charge in [-0.3, -0.25) is 9.59 Å². The Morgan fingerprint density at radius 1 is 0.889 bits per heavy atom. The summed E-state index contributed by atoms with van der Waals surface area (Å²) in [7, 11) is 0. The maximum Gasteiger partial charge on any atom is 0.261 e. The molecule has 0 heterocycles. The number of aryl methyl sites for hydroxylation is 1. The Balaban J connectivity index is 1.61. The van der Waals surface area contributed by atoms with Gasteiger partial charge in [-0.1, -0.05) is 92.1 Å². The molecular weight excluding hydrogens is 448 g/mol. The first-order valence-corrected chi connectivity index (χ1v) is 13.0. The summed E-state index contributed by atoms with van der Waals surface area (Å²) < 4.78 is 5.82. The van der Waals surface area contributed by atoms with E-state index in [0.717, 1.165) is 42.4 Å². The molecule has 0 bridgehead atoms. The molecule has 36 heavy (non-hydrogen) atoms. The molecule has 0 unspecified atom stereocenters. The number of ether oxygens (including phenoxy) is 1. The molecule has 188 valence electrons. The van der Waals surface area contributed by atoms with Crippen molar-refractivity contribution < 1.29 is 14.3 Å². The van der Waals surface area contributed by atoms with Crippen LogP contribution in [0.25, 0.3) is 0 Å². The highest BCUT2D eigenvalue weighted by Crippen LogP contribution is 2.21. The van der Waals surface area contributed by atoms with Gasteiger partial charge in [0.15, 0.2) is 6.61 Å². The lowest BCUT2D eigenvalue weighted by Crippen LogP contribution is -2.53. The van der Waals surface area contributed by atoms with Gasteiger partial charge in [0.2, 0.25) is 5.91 Å². The van der Waals surface area contributed by atoms with Crippen LogP contribution in [-0.2, 0) is 22.6 Å². The Morgan fingerprint density at radius 2 is 1.53 bits per heavy atom. The SMILES string of the molecule is Cc1ccccc1CN(C(=O)COc1ccccc1)[C@@H](Cc1ccccc1)C(=O)NC1CCCCC1. The number of carbonyl (C=O) groups is 2. The van der Waals surface area contributed by atoms with E-state index in [9.17, 15) is 9.59 Å². The molecule has 4 rings (SSSR count). The molecule has 0 radical (unpaired) electrons. The zero-order valence-electron chi connectivity index (χ0n) is 21.1. The van der Waals surface area contributed by atoms with E-state index in [4.69, 9.17) is 4.74 Å². The lowest BCUT2D eigenvalue weighted by molar-refractivity contribution is -0.143. The van der Waals surface area contributed by atoms with Gasteiger partial charge in [-0.2, -0.15) is 0 Å². The normalized spacial score (nSPS) is 14.6. The van der Waals surface area contributed by atoms with E-state index < -0.39 is 6.04 Å². The fourth-order valence-corrected chi connectivity index (χ4v) is 4.81. The van der Waals surface area contributed by atoms with E-state index >= 15 is 0 Å². The summed E-state index contributed by atoms with van der Waals surface area (Å²) in [5.74, 6) is 0.335. The summed E-state index contributed by atoms with van der Waals surface area (Å²) in [4.78, 5) is 29.2. The molecule has 0 spiro atoms. The Bertz CT molecular complexity index is 1110. The predicted octanol–water partition coefficient (Wildman–Crippen LogP) is 5.46. The summed E-state index contributed by atoms with van der Waals surface area (Å²) >= 11 is 0. The Hall–Kier alpha value is -3.60. The van der Waals surface area contributed by atoms with Crippen molar-refractivity contribution in [2.75, 3.05) is 6.61 Å². The smallest absolute Gasteiger partial charge is 0.261 e. The number of para-hydroxylation sites is 1. The van der Waals surface area contributed by atoms with Gasteiger partial charge in [-0.15, -0.1) is 0 Å². The topological polar surface area (TPSA) is 58.6 Å². The molecular formula is C31H36N2O3. The van der Waals surface area contributed by atoms with Crippen LogP contribution < -0.4 is 10.1 Å². The number of hydrogen-bond donors (Lipinski definition) is 1. The minimum atomic E-state index is -0.638. The minimum absolute atomic E-state index is 0.0904. The molecule has 1 aliphatic rings. The molecule has 3 aromatic carbocycles. The Labute approximate surface area is 214 Å². The van der Waals surface area contributed by atoms with Crippen molar-refractivity contribution in [3.8, 4) is 5.75 Å². The second kappa shape index (κ2) is 12.9. The molecule has 1 N–H and O–H groups in total. The van der Waals surface area contributed by atoms with Crippen molar-refractivity contribution >= 4 is 11.8 Å².